The average Bonchev–Trinajstić information content (AvgIpc) is 2.89. The Bertz CT molecular complexity index is 981. The van der Waals surface area contributed by atoms with Gasteiger partial charge in [0.2, 0.25) is 5.91 Å². The topological polar surface area (TPSA) is 69.7 Å². The molecular formula is C23H25N3O3S. The monoisotopic (exact) mass is 423 g/mol. The van der Waals surface area contributed by atoms with Crippen molar-refractivity contribution < 1.29 is 14.4 Å². The van der Waals surface area contributed by atoms with Gasteiger partial charge in [-0.3, -0.25) is 14.5 Å². The van der Waals surface area contributed by atoms with Crippen LogP contribution < -0.4 is 10.2 Å². The van der Waals surface area contributed by atoms with E-state index in [2.05, 4.69) is 12.2 Å². The Hall–Kier alpha value is -2.80. The standard InChI is InChI=1S/C23H25N3O3S/c1-3-23(17-9-5-4-6-10-17)21(28)26(22(29)24-23)15-20(27)25-14-13-16(2)30-19-12-8-7-11-18(19)25/h4-12,16H,3,13-15H2,1-2H3,(H,24,29)/t16-,23-/m0/s1. The Kier molecular flexibility index (Phi) is 5.56. The van der Waals surface area contributed by atoms with E-state index in [1.807, 2.05) is 61.5 Å². The second-order valence-corrected chi connectivity index (χ2v) is 9.16. The van der Waals surface area contributed by atoms with Crippen LogP contribution in [0.5, 0.6) is 0 Å². The molecule has 30 heavy (non-hydrogen) atoms. The highest BCUT2D eigenvalue weighted by Crippen LogP contribution is 2.38. The maximum Gasteiger partial charge on any atom is 0.325 e. The lowest BCUT2D eigenvalue weighted by Gasteiger charge is -2.27. The van der Waals surface area contributed by atoms with Crippen LogP contribution in [-0.2, 0) is 15.1 Å². The molecule has 1 saturated heterocycles. The summed E-state index contributed by atoms with van der Waals surface area (Å²) in [5.74, 6) is -0.624. The van der Waals surface area contributed by atoms with Gasteiger partial charge in [-0.25, -0.2) is 4.79 Å². The third kappa shape index (κ3) is 3.47. The van der Waals surface area contributed by atoms with E-state index < -0.39 is 11.6 Å². The fourth-order valence-electron chi connectivity index (χ4n) is 4.10. The van der Waals surface area contributed by atoms with Gasteiger partial charge in [0.05, 0.1) is 5.69 Å². The molecule has 156 valence electrons. The summed E-state index contributed by atoms with van der Waals surface area (Å²) in [5, 5.41) is 3.22. The number of nitrogens with one attached hydrogen (secondary N) is 1. The van der Waals surface area contributed by atoms with Crippen LogP contribution in [0, 0.1) is 0 Å². The van der Waals surface area contributed by atoms with Crippen molar-refractivity contribution in [2.75, 3.05) is 18.0 Å². The smallest absolute Gasteiger partial charge is 0.319 e. The lowest BCUT2D eigenvalue weighted by Crippen LogP contribution is -2.46. The number of benzene rings is 2. The number of carbonyl (C=O) groups excluding carboxylic acids is 3. The minimum atomic E-state index is -1.13. The summed E-state index contributed by atoms with van der Waals surface area (Å²) >= 11 is 1.74. The van der Waals surface area contributed by atoms with Gasteiger partial charge < -0.3 is 10.2 Å². The van der Waals surface area contributed by atoms with Crippen LogP contribution in [0.15, 0.2) is 59.5 Å². The molecule has 0 bridgehead atoms. The summed E-state index contributed by atoms with van der Waals surface area (Å²) in [5.41, 5.74) is 0.444. The zero-order valence-corrected chi connectivity index (χ0v) is 17.9. The van der Waals surface area contributed by atoms with Gasteiger partial charge in [0.25, 0.3) is 5.91 Å². The molecule has 0 saturated carbocycles. The highest BCUT2D eigenvalue weighted by molar-refractivity contribution is 8.00. The van der Waals surface area contributed by atoms with E-state index in [0.29, 0.717) is 18.2 Å². The van der Waals surface area contributed by atoms with E-state index >= 15 is 0 Å². The van der Waals surface area contributed by atoms with E-state index in [1.54, 1.807) is 16.7 Å². The van der Waals surface area contributed by atoms with Crippen LogP contribution >= 0.6 is 11.8 Å². The predicted molar refractivity (Wildman–Crippen MR) is 117 cm³/mol. The number of anilines is 1. The Balaban J connectivity index is 1.60. The first-order valence-electron chi connectivity index (χ1n) is 10.2. The molecule has 1 N–H and O–H groups in total. The van der Waals surface area contributed by atoms with Crippen molar-refractivity contribution in [3.63, 3.8) is 0 Å². The zero-order chi connectivity index (χ0) is 21.3. The van der Waals surface area contributed by atoms with Crippen LogP contribution in [0.3, 0.4) is 0 Å². The summed E-state index contributed by atoms with van der Waals surface area (Å²) in [6, 6.07) is 16.5. The van der Waals surface area contributed by atoms with E-state index in [1.165, 1.54) is 0 Å². The number of nitrogens with zero attached hydrogens (tertiary/aromatic N) is 2. The van der Waals surface area contributed by atoms with Crippen molar-refractivity contribution >= 4 is 35.3 Å². The van der Waals surface area contributed by atoms with Crippen LogP contribution in [-0.4, -0.2) is 41.1 Å². The highest BCUT2D eigenvalue weighted by atomic mass is 32.2. The molecule has 7 heteroatoms. The van der Waals surface area contributed by atoms with Crippen molar-refractivity contribution in [1.29, 1.82) is 0 Å². The maximum atomic E-state index is 13.3. The van der Waals surface area contributed by atoms with E-state index in [0.717, 1.165) is 27.5 Å². The minimum Gasteiger partial charge on any atom is -0.319 e. The normalized spacial score (nSPS) is 23.7. The molecule has 2 aliphatic rings. The van der Waals surface area contributed by atoms with Crippen molar-refractivity contribution in [3.05, 3.63) is 60.2 Å². The predicted octanol–water partition coefficient (Wildman–Crippen LogP) is 3.76. The van der Waals surface area contributed by atoms with Gasteiger partial charge in [-0.2, -0.15) is 0 Å². The van der Waals surface area contributed by atoms with Crippen molar-refractivity contribution in [3.8, 4) is 0 Å². The lowest BCUT2D eigenvalue weighted by molar-refractivity contribution is -0.134. The number of fused-ring (bicyclic) bond motifs is 1. The largest absolute Gasteiger partial charge is 0.325 e. The second-order valence-electron chi connectivity index (χ2n) is 7.68. The maximum absolute atomic E-state index is 13.3. The number of carbonyl (C=O) groups is 3. The molecular weight excluding hydrogens is 398 g/mol. The van der Waals surface area contributed by atoms with Gasteiger partial charge >= 0.3 is 6.03 Å². The summed E-state index contributed by atoms with van der Waals surface area (Å²) in [7, 11) is 0. The first kappa shape index (κ1) is 20.5. The zero-order valence-electron chi connectivity index (χ0n) is 17.1. The number of rotatable bonds is 4. The molecule has 4 rings (SSSR count). The first-order valence-corrected chi connectivity index (χ1v) is 11.1. The van der Waals surface area contributed by atoms with E-state index in [4.69, 9.17) is 0 Å². The molecule has 1 fully saturated rings. The molecule has 0 radical (unpaired) electrons. The molecule has 0 aromatic heterocycles. The fraction of sp³-hybridized carbons (Fsp3) is 0.348. The van der Waals surface area contributed by atoms with E-state index in [9.17, 15) is 14.4 Å². The summed E-state index contributed by atoms with van der Waals surface area (Å²) in [6.45, 7) is 4.29. The quantitative estimate of drug-likeness (QED) is 0.761. The SMILES string of the molecule is CC[C@@]1(c2ccccc2)NC(=O)N(CC(=O)N2CC[C@H](C)Sc3ccccc32)C1=O. The van der Waals surface area contributed by atoms with Crippen LogP contribution in [0.4, 0.5) is 10.5 Å². The third-order valence-corrected chi connectivity index (χ3v) is 7.05. The molecule has 0 aliphatic carbocycles. The van der Waals surface area contributed by atoms with Gasteiger partial charge in [-0.05, 0) is 30.5 Å². The van der Waals surface area contributed by atoms with Crippen LogP contribution in [0.25, 0.3) is 0 Å². The van der Waals surface area contributed by atoms with Crippen molar-refractivity contribution in [2.24, 2.45) is 0 Å². The average molecular weight is 424 g/mol. The van der Waals surface area contributed by atoms with E-state index in [-0.39, 0.29) is 18.4 Å². The molecule has 2 aliphatic heterocycles. The number of hydrogen-bond donors (Lipinski definition) is 1. The molecule has 4 amide bonds. The van der Waals surface area contributed by atoms with Crippen LogP contribution in [0.2, 0.25) is 0 Å². The highest BCUT2D eigenvalue weighted by Gasteiger charge is 2.51. The van der Waals surface area contributed by atoms with Crippen molar-refractivity contribution in [2.45, 2.75) is 42.4 Å². The number of imide groups is 1. The lowest BCUT2D eigenvalue weighted by atomic mass is 9.87. The molecule has 0 unspecified atom stereocenters. The summed E-state index contributed by atoms with van der Waals surface area (Å²) in [6.07, 6.45) is 1.25. The molecule has 0 spiro atoms. The Morgan fingerprint density at radius 3 is 2.57 bits per heavy atom. The molecule has 2 atom stereocenters. The molecule has 6 nitrogen and oxygen atoms in total. The Labute approximate surface area is 180 Å². The van der Waals surface area contributed by atoms with Gasteiger partial charge in [-0.15, -0.1) is 11.8 Å². The number of thioether (sulfide) groups is 1. The number of hydrogen-bond acceptors (Lipinski definition) is 4. The molecule has 2 heterocycles. The van der Waals surface area contributed by atoms with Gasteiger partial charge in [0.1, 0.15) is 12.1 Å². The minimum absolute atomic E-state index is 0.249. The number of para-hydroxylation sites is 1. The summed E-state index contributed by atoms with van der Waals surface area (Å²) in [4.78, 5) is 43.1. The second kappa shape index (κ2) is 8.14. The Morgan fingerprint density at radius 1 is 1.13 bits per heavy atom. The number of urea groups is 1. The molecule has 2 aromatic rings. The van der Waals surface area contributed by atoms with Crippen molar-refractivity contribution in [1.82, 2.24) is 10.2 Å². The summed E-state index contributed by atoms with van der Waals surface area (Å²) < 4.78 is 0. The Morgan fingerprint density at radius 2 is 1.83 bits per heavy atom. The van der Waals surface area contributed by atoms with Gasteiger partial charge in [-0.1, -0.05) is 56.3 Å². The first-order chi connectivity index (χ1) is 14.5. The fourth-order valence-corrected chi connectivity index (χ4v) is 5.21. The molecule has 2 aromatic carbocycles. The third-order valence-electron chi connectivity index (χ3n) is 5.81. The van der Waals surface area contributed by atoms with Gasteiger partial charge in [0.15, 0.2) is 0 Å². The van der Waals surface area contributed by atoms with Gasteiger partial charge in [0, 0.05) is 16.7 Å². The van der Waals surface area contributed by atoms with Crippen LogP contribution in [0.1, 0.15) is 32.3 Å². The number of amides is 4.